The zero-order valence-corrected chi connectivity index (χ0v) is 10.5. The van der Waals surface area contributed by atoms with E-state index < -0.39 is 6.36 Å². The lowest BCUT2D eigenvalue weighted by Gasteiger charge is -2.09. The highest BCUT2D eigenvalue weighted by atomic mass is 19.4. The average Bonchev–Trinajstić information content (AvgIpc) is 2.40. The zero-order valence-electron chi connectivity index (χ0n) is 10.5. The molecule has 0 aliphatic rings. The molecule has 0 aliphatic carbocycles. The molecule has 0 bridgehead atoms. The number of rotatable bonds is 4. The maximum atomic E-state index is 12.0. The van der Waals surface area contributed by atoms with Crippen LogP contribution in [0.3, 0.4) is 0 Å². The molecule has 0 unspecified atom stereocenters. The molecule has 21 heavy (non-hydrogen) atoms. The summed E-state index contributed by atoms with van der Waals surface area (Å²) in [4.78, 5) is 3.92. The van der Waals surface area contributed by atoms with Crippen LogP contribution in [-0.4, -0.2) is 17.2 Å². The predicted molar refractivity (Wildman–Crippen MR) is 68.5 cm³/mol. The quantitative estimate of drug-likeness (QED) is 0.671. The van der Waals surface area contributed by atoms with Gasteiger partial charge in [0.2, 0.25) is 5.88 Å². The number of pyridine rings is 1. The molecule has 5 nitrogen and oxygen atoms in total. The van der Waals surface area contributed by atoms with E-state index in [4.69, 9.17) is 15.9 Å². The first-order chi connectivity index (χ1) is 9.83. The number of nitrogens with two attached hydrogens (primary N) is 1. The minimum Gasteiger partial charge on any atom is -0.439 e. The first kappa shape index (κ1) is 14.6. The Morgan fingerprint density at radius 2 is 1.67 bits per heavy atom. The summed E-state index contributed by atoms with van der Waals surface area (Å²) in [5.74, 6) is 0.0644. The monoisotopic (exact) mass is 297 g/mol. The molecule has 0 spiro atoms. The van der Waals surface area contributed by atoms with E-state index in [1.165, 1.54) is 24.4 Å². The van der Waals surface area contributed by atoms with Gasteiger partial charge in [0.1, 0.15) is 17.3 Å². The van der Waals surface area contributed by atoms with Crippen LogP contribution in [0.2, 0.25) is 0 Å². The van der Waals surface area contributed by atoms with Gasteiger partial charge in [-0.05, 0) is 30.3 Å². The lowest BCUT2D eigenvalue weighted by atomic mass is 10.3. The van der Waals surface area contributed by atoms with Crippen LogP contribution in [0.4, 0.5) is 13.2 Å². The van der Waals surface area contributed by atoms with Gasteiger partial charge in [-0.1, -0.05) is 0 Å². The number of nitrogens with zero attached hydrogens (tertiary/aromatic N) is 1. The van der Waals surface area contributed by atoms with Crippen LogP contribution in [0.15, 0.2) is 42.6 Å². The molecule has 0 saturated heterocycles. The van der Waals surface area contributed by atoms with Crippen LogP contribution in [0.1, 0.15) is 5.56 Å². The second kappa shape index (κ2) is 5.70. The summed E-state index contributed by atoms with van der Waals surface area (Å²) in [6.45, 7) is 0. The van der Waals surface area contributed by atoms with E-state index in [0.717, 1.165) is 12.1 Å². The Balaban J connectivity index is 2.04. The van der Waals surface area contributed by atoms with E-state index >= 15 is 0 Å². The van der Waals surface area contributed by atoms with Gasteiger partial charge in [-0.3, -0.25) is 5.41 Å². The highest BCUT2D eigenvalue weighted by molar-refractivity contribution is 5.94. The average molecular weight is 297 g/mol. The Labute approximate surface area is 117 Å². The molecule has 1 heterocycles. The summed E-state index contributed by atoms with van der Waals surface area (Å²) in [5, 5.41) is 7.21. The van der Waals surface area contributed by atoms with E-state index in [9.17, 15) is 13.2 Å². The Kier molecular flexibility index (Phi) is 3.97. The summed E-state index contributed by atoms with van der Waals surface area (Å²) in [5.41, 5.74) is 5.72. The fourth-order valence-corrected chi connectivity index (χ4v) is 1.43. The Bertz CT molecular complexity index is 625. The molecule has 2 aromatic rings. The van der Waals surface area contributed by atoms with Crippen LogP contribution >= 0.6 is 0 Å². The SMILES string of the molecule is N=C(N)c1ccc(Oc2ccc(OC(F)(F)F)cc2)nc1. The molecule has 0 saturated carbocycles. The fourth-order valence-electron chi connectivity index (χ4n) is 1.43. The smallest absolute Gasteiger partial charge is 0.439 e. The highest BCUT2D eigenvalue weighted by Gasteiger charge is 2.30. The van der Waals surface area contributed by atoms with Crippen LogP contribution in [0, 0.1) is 5.41 Å². The van der Waals surface area contributed by atoms with Gasteiger partial charge in [0.25, 0.3) is 0 Å². The predicted octanol–water partition coefficient (Wildman–Crippen LogP) is 3.06. The van der Waals surface area contributed by atoms with Gasteiger partial charge in [0, 0.05) is 17.8 Å². The van der Waals surface area contributed by atoms with E-state index in [1.807, 2.05) is 0 Å². The Hall–Kier alpha value is -2.77. The van der Waals surface area contributed by atoms with Gasteiger partial charge >= 0.3 is 6.36 Å². The number of ether oxygens (including phenoxy) is 2. The standard InChI is InChI=1S/C13H10F3N3O2/c14-13(15,16)21-10-4-2-9(3-5-10)20-11-6-1-8(7-19-11)12(17)18/h1-7H,(H3,17,18). The lowest BCUT2D eigenvalue weighted by molar-refractivity contribution is -0.274. The third kappa shape index (κ3) is 4.37. The highest BCUT2D eigenvalue weighted by Crippen LogP contribution is 2.26. The molecular formula is C13H10F3N3O2. The number of hydrogen-bond donors (Lipinski definition) is 2. The van der Waals surface area contributed by atoms with Crippen molar-refractivity contribution in [2.75, 3.05) is 0 Å². The first-order valence-electron chi connectivity index (χ1n) is 5.67. The summed E-state index contributed by atoms with van der Waals surface area (Å²) < 4.78 is 45.1. The first-order valence-corrected chi connectivity index (χ1v) is 5.67. The largest absolute Gasteiger partial charge is 0.573 e. The number of halogens is 3. The fraction of sp³-hybridized carbons (Fsp3) is 0.0769. The van der Waals surface area contributed by atoms with Gasteiger partial charge < -0.3 is 15.2 Å². The van der Waals surface area contributed by atoms with E-state index in [0.29, 0.717) is 11.3 Å². The molecule has 1 aromatic heterocycles. The maximum Gasteiger partial charge on any atom is 0.573 e. The van der Waals surface area contributed by atoms with Crippen molar-refractivity contribution in [2.45, 2.75) is 6.36 Å². The van der Waals surface area contributed by atoms with Gasteiger partial charge in [-0.2, -0.15) is 0 Å². The van der Waals surface area contributed by atoms with Crippen molar-refractivity contribution >= 4 is 5.84 Å². The molecule has 0 amide bonds. The summed E-state index contributed by atoms with van der Waals surface area (Å²) in [7, 11) is 0. The second-order valence-corrected chi connectivity index (χ2v) is 3.92. The number of alkyl halides is 3. The number of nitrogen functional groups attached to an aromatic ring is 1. The molecule has 8 heteroatoms. The second-order valence-electron chi connectivity index (χ2n) is 3.92. The molecule has 110 valence electrons. The van der Waals surface area contributed by atoms with E-state index in [1.54, 1.807) is 6.07 Å². The molecule has 1 aromatic carbocycles. The summed E-state index contributed by atoms with van der Waals surface area (Å²) in [6.07, 6.45) is -3.37. The molecule has 0 aliphatic heterocycles. The van der Waals surface area contributed by atoms with Crippen LogP contribution in [0.5, 0.6) is 17.4 Å². The third-order valence-corrected chi connectivity index (χ3v) is 2.33. The van der Waals surface area contributed by atoms with E-state index in [-0.39, 0.29) is 17.5 Å². The molecule has 0 atom stereocenters. The number of amidine groups is 1. The number of benzene rings is 1. The van der Waals surface area contributed by atoms with Crippen LogP contribution in [0.25, 0.3) is 0 Å². The number of hydrogen-bond acceptors (Lipinski definition) is 4. The summed E-state index contributed by atoms with van der Waals surface area (Å²) in [6, 6.07) is 7.95. The third-order valence-electron chi connectivity index (χ3n) is 2.33. The molecule has 0 radical (unpaired) electrons. The number of aromatic nitrogens is 1. The van der Waals surface area contributed by atoms with Crippen molar-refractivity contribution < 1.29 is 22.6 Å². The van der Waals surface area contributed by atoms with Crippen molar-refractivity contribution in [3.63, 3.8) is 0 Å². The van der Waals surface area contributed by atoms with Gasteiger partial charge in [0.05, 0.1) is 0 Å². The van der Waals surface area contributed by atoms with Crippen LogP contribution in [-0.2, 0) is 0 Å². The van der Waals surface area contributed by atoms with Crippen molar-refractivity contribution in [2.24, 2.45) is 5.73 Å². The topological polar surface area (TPSA) is 81.2 Å². The van der Waals surface area contributed by atoms with Crippen LogP contribution < -0.4 is 15.2 Å². The minimum atomic E-state index is -4.73. The van der Waals surface area contributed by atoms with Crippen molar-refractivity contribution in [3.8, 4) is 17.4 Å². The molecule has 2 rings (SSSR count). The maximum absolute atomic E-state index is 12.0. The van der Waals surface area contributed by atoms with Crippen molar-refractivity contribution in [1.82, 2.24) is 4.98 Å². The zero-order chi connectivity index (χ0) is 15.5. The van der Waals surface area contributed by atoms with Gasteiger partial charge in [-0.25, -0.2) is 4.98 Å². The normalized spacial score (nSPS) is 11.0. The Morgan fingerprint density at radius 1 is 1.05 bits per heavy atom. The molecular weight excluding hydrogens is 287 g/mol. The number of nitrogens with one attached hydrogen (secondary N) is 1. The van der Waals surface area contributed by atoms with E-state index in [2.05, 4.69) is 9.72 Å². The Morgan fingerprint density at radius 3 is 2.14 bits per heavy atom. The van der Waals surface area contributed by atoms with Gasteiger partial charge in [0.15, 0.2) is 0 Å². The van der Waals surface area contributed by atoms with Crippen molar-refractivity contribution in [3.05, 3.63) is 48.2 Å². The van der Waals surface area contributed by atoms with Gasteiger partial charge in [-0.15, -0.1) is 13.2 Å². The molecule has 3 N–H and O–H groups in total. The van der Waals surface area contributed by atoms with Crippen molar-refractivity contribution in [1.29, 1.82) is 5.41 Å². The minimum absolute atomic E-state index is 0.122. The lowest BCUT2D eigenvalue weighted by Crippen LogP contribution is -2.16. The molecule has 0 fully saturated rings. The summed E-state index contributed by atoms with van der Waals surface area (Å²) >= 11 is 0.